The Morgan fingerprint density at radius 1 is 1.21 bits per heavy atom. The highest BCUT2D eigenvalue weighted by molar-refractivity contribution is 5.98. The lowest BCUT2D eigenvalue weighted by atomic mass is 10.1. The van der Waals surface area contributed by atoms with E-state index in [2.05, 4.69) is 10.6 Å². The maximum absolute atomic E-state index is 12.7. The SMILES string of the molecule is CC(C)N(C(=O)[C@@H](C)Nc1ccc2c(c1)NC(=O)[C@H](C)O2)C(C)C. The van der Waals surface area contributed by atoms with Gasteiger partial charge in [0, 0.05) is 17.8 Å². The summed E-state index contributed by atoms with van der Waals surface area (Å²) in [5.74, 6) is 0.513. The van der Waals surface area contributed by atoms with E-state index in [0.717, 1.165) is 5.69 Å². The van der Waals surface area contributed by atoms with Gasteiger partial charge in [0.15, 0.2) is 6.10 Å². The zero-order valence-electron chi connectivity index (χ0n) is 15.2. The van der Waals surface area contributed by atoms with Crippen molar-refractivity contribution in [2.24, 2.45) is 0 Å². The average molecular weight is 333 g/mol. The molecule has 6 nitrogen and oxygen atoms in total. The van der Waals surface area contributed by atoms with E-state index in [4.69, 9.17) is 4.74 Å². The summed E-state index contributed by atoms with van der Waals surface area (Å²) < 4.78 is 5.54. The monoisotopic (exact) mass is 333 g/mol. The lowest BCUT2D eigenvalue weighted by Crippen LogP contribution is -2.48. The lowest BCUT2D eigenvalue weighted by Gasteiger charge is -2.33. The minimum atomic E-state index is -0.498. The molecule has 0 saturated heterocycles. The van der Waals surface area contributed by atoms with Crippen molar-refractivity contribution in [3.05, 3.63) is 18.2 Å². The van der Waals surface area contributed by atoms with Crippen LogP contribution in [-0.2, 0) is 9.59 Å². The van der Waals surface area contributed by atoms with Crippen LogP contribution >= 0.6 is 0 Å². The zero-order chi connectivity index (χ0) is 18.0. The number of ether oxygens (including phenoxy) is 1. The molecular weight excluding hydrogens is 306 g/mol. The van der Waals surface area contributed by atoms with Crippen molar-refractivity contribution < 1.29 is 14.3 Å². The first-order chi connectivity index (χ1) is 11.2. The number of hydrogen-bond acceptors (Lipinski definition) is 4. The van der Waals surface area contributed by atoms with Gasteiger partial charge in [0.05, 0.1) is 5.69 Å². The minimum Gasteiger partial charge on any atom is -0.479 e. The molecule has 1 aromatic rings. The van der Waals surface area contributed by atoms with Gasteiger partial charge in [-0.15, -0.1) is 0 Å². The molecule has 0 spiro atoms. The number of rotatable bonds is 5. The molecule has 2 N–H and O–H groups in total. The minimum absolute atomic E-state index is 0.0478. The van der Waals surface area contributed by atoms with Crippen molar-refractivity contribution >= 4 is 23.2 Å². The molecule has 1 aromatic carbocycles. The van der Waals surface area contributed by atoms with Crippen LogP contribution in [0.1, 0.15) is 41.5 Å². The Labute approximate surface area is 143 Å². The molecule has 1 aliphatic heterocycles. The number of benzene rings is 1. The molecule has 24 heavy (non-hydrogen) atoms. The maximum atomic E-state index is 12.7. The van der Waals surface area contributed by atoms with Gasteiger partial charge in [-0.2, -0.15) is 0 Å². The number of carbonyl (C=O) groups excluding carboxylic acids is 2. The van der Waals surface area contributed by atoms with E-state index in [-0.39, 0.29) is 29.9 Å². The Balaban J connectivity index is 2.12. The average Bonchev–Trinajstić information content (AvgIpc) is 2.47. The normalized spacial score (nSPS) is 17.8. The van der Waals surface area contributed by atoms with Crippen molar-refractivity contribution in [2.75, 3.05) is 10.6 Å². The smallest absolute Gasteiger partial charge is 0.265 e. The standard InChI is InChI=1S/C18H27N3O3/c1-10(2)21(11(3)4)18(23)12(5)19-14-7-8-16-15(9-14)20-17(22)13(6)24-16/h7-13,19H,1-6H3,(H,20,22)/t12-,13+/m1/s1. The van der Waals surface area contributed by atoms with Gasteiger partial charge in [-0.1, -0.05) is 0 Å². The number of carbonyl (C=O) groups is 2. The molecule has 0 unspecified atom stereocenters. The summed E-state index contributed by atoms with van der Waals surface area (Å²) >= 11 is 0. The maximum Gasteiger partial charge on any atom is 0.265 e. The second-order valence-corrected chi connectivity index (χ2v) is 6.76. The van der Waals surface area contributed by atoms with Crippen LogP contribution in [0.2, 0.25) is 0 Å². The predicted octanol–water partition coefficient (Wildman–Crippen LogP) is 2.85. The highest BCUT2D eigenvalue weighted by atomic mass is 16.5. The molecular formula is C18H27N3O3. The van der Waals surface area contributed by atoms with E-state index < -0.39 is 6.10 Å². The fourth-order valence-electron chi connectivity index (χ4n) is 2.94. The van der Waals surface area contributed by atoms with Crippen LogP contribution in [-0.4, -0.2) is 40.9 Å². The number of nitrogens with zero attached hydrogens (tertiary/aromatic N) is 1. The van der Waals surface area contributed by atoms with E-state index >= 15 is 0 Å². The second-order valence-electron chi connectivity index (χ2n) is 6.76. The van der Waals surface area contributed by atoms with Crippen molar-refractivity contribution in [3.8, 4) is 5.75 Å². The first kappa shape index (κ1) is 18.1. The van der Waals surface area contributed by atoms with Crippen molar-refractivity contribution in [1.82, 2.24) is 4.90 Å². The molecule has 0 saturated carbocycles. The summed E-state index contributed by atoms with van der Waals surface area (Å²) in [6.07, 6.45) is -0.498. The first-order valence-electron chi connectivity index (χ1n) is 8.41. The summed E-state index contributed by atoms with van der Waals surface area (Å²) in [6, 6.07) is 5.35. The predicted molar refractivity (Wildman–Crippen MR) is 95.4 cm³/mol. The van der Waals surface area contributed by atoms with Gasteiger partial charge >= 0.3 is 0 Å². The van der Waals surface area contributed by atoms with E-state index in [1.54, 1.807) is 19.1 Å². The Morgan fingerprint density at radius 3 is 2.42 bits per heavy atom. The molecule has 0 aromatic heterocycles. The van der Waals surface area contributed by atoms with E-state index in [0.29, 0.717) is 11.4 Å². The fourth-order valence-corrected chi connectivity index (χ4v) is 2.94. The Kier molecular flexibility index (Phi) is 5.36. The summed E-state index contributed by atoms with van der Waals surface area (Å²) in [5, 5.41) is 6.02. The quantitative estimate of drug-likeness (QED) is 0.869. The summed E-state index contributed by atoms with van der Waals surface area (Å²) in [4.78, 5) is 26.3. The van der Waals surface area contributed by atoms with Crippen LogP contribution in [0.4, 0.5) is 11.4 Å². The van der Waals surface area contributed by atoms with Crippen LogP contribution in [0.3, 0.4) is 0 Å². The van der Waals surface area contributed by atoms with Crippen LogP contribution < -0.4 is 15.4 Å². The summed E-state index contributed by atoms with van der Waals surface area (Å²) in [7, 11) is 0. The fraction of sp³-hybridized carbons (Fsp3) is 0.556. The molecule has 2 atom stereocenters. The van der Waals surface area contributed by atoms with Crippen LogP contribution in [0, 0.1) is 0 Å². The Bertz CT molecular complexity index is 620. The van der Waals surface area contributed by atoms with Crippen LogP contribution in [0.25, 0.3) is 0 Å². The topological polar surface area (TPSA) is 70.7 Å². The Hall–Kier alpha value is -2.24. The molecule has 1 heterocycles. The molecule has 1 aliphatic rings. The molecule has 0 fully saturated rings. The number of nitrogens with one attached hydrogen (secondary N) is 2. The van der Waals surface area contributed by atoms with Gasteiger partial charge in [0.25, 0.3) is 5.91 Å². The molecule has 2 amide bonds. The zero-order valence-corrected chi connectivity index (χ0v) is 15.2. The molecule has 0 radical (unpaired) electrons. The van der Waals surface area contributed by atoms with Gasteiger partial charge in [-0.05, 0) is 59.7 Å². The number of amides is 2. The van der Waals surface area contributed by atoms with E-state index in [1.165, 1.54) is 0 Å². The molecule has 6 heteroatoms. The largest absolute Gasteiger partial charge is 0.479 e. The van der Waals surface area contributed by atoms with Gasteiger partial charge in [0.2, 0.25) is 5.91 Å². The molecule has 0 bridgehead atoms. The number of anilines is 2. The van der Waals surface area contributed by atoms with Gasteiger partial charge in [-0.25, -0.2) is 0 Å². The Morgan fingerprint density at radius 2 is 1.83 bits per heavy atom. The third-order valence-corrected chi connectivity index (χ3v) is 4.03. The highest BCUT2D eigenvalue weighted by Crippen LogP contribution is 2.32. The van der Waals surface area contributed by atoms with Crippen LogP contribution in [0.15, 0.2) is 18.2 Å². The molecule has 0 aliphatic carbocycles. The van der Waals surface area contributed by atoms with Gasteiger partial charge in [-0.3, -0.25) is 9.59 Å². The second kappa shape index (κ2) is 7.11. The van der Waals surface area contributed by atoms with Gasteiger partial charge < -0.3 is 20.3 Å². The molecule has 132 valence electrons. The third-order valence-electron chi connectivity index (χ3n) is 4.03. The summed E-state index contributed by atoms with van der Waals surface area (Å²) in [5.41, 5.74) is 1.38. The third kappa shape index (κ3) is 3.80. The number of hydrogen-bond donors (Lipinski definition) is 2. The van der Waals surface area contributed by atoms with Crippen LogP contribution in [0.5, 0.6) is 5.75 Å². The van der Waals surface area contributed by atoms with E-state index in [1.807, 2.05) is 45.6 Å². The van der Waals surface area contributed by atoms with Gasteiger partial charge in [0.1, 0.15) is 11.8 Å². The number of fused-ring (bicyclic) bond motifs is 1. The van der Waals surface area contributed by atoms with Crippen molar-refractivity contribution in [3.63, 3.8) is 0 Å². The van der Waals surface area contributed by atoms with E-state index in [9.17, 15) is 9.59 Å². The molecule has 2 rings (SSSR count). The van der Waals surface area contributed by atoms with Crippen molar-refractivity contribution in [2.45, 2.75) is 65.8 Å². The highest BCUT2D eigenvalue weighted by Gasteiger charge is 2.26. The first-order valence-corrected chi connectivity index (χ1v) is 8.41. The lowest BCUT2D eigenvalue weighted by molar-refractivity contribution is -0.135. The van der Waals surface area contributed by atoms with Crippen molar-refractivity contribution in [1.29, 1.82) is 0 Å². The summed E-state index contributed by atoms with van der Waals surface area (Å²) in [6.45, 7) is 11.6.